The van der Waals surface area contributed by atoms with Crippen LogP contribution in [0, 0.1) is 0 Å². The van der Waals surface area contributed by atoms with Gasteiger partial charge in [-0.1, -0.05) is 12.1 Å². The molecule has 2 heterocycles. The van der Waals surface area contributed by atoms with Crippen molar-refractivity contribution >= 4 is 40.1 Å². The van der Waals surface area contributed by atoms with E-state index in [1.807, 2.05) is 31.2 Å². The molecule has 4 N–H and O–H groups in total. The molecule has 176 valence electrons. The fourth-order valence-electron chi connectivity index (χ4n) is 3.50. The quantitative estimate of drug-likeness (QED) is 0.257. The number of para-hydroxylation sites is 2. The number of nitrogen functional groups attached to an aromatic ring is 1. The molecule has 4 rings (SSSR count). The van der Waals surface area contributed by atoms with Crippen LogP contribution in [0.15, 0.2) is 47.6 Å². The van der Waals surface area contributed by atoms with Crippen molar-refractivity contribution in [1.82, 2.24) is 20.0 Å². The SMILES string of the molecule is CCOc1cc(C=Nn2c(N)c(C(=O)NCCCOC)c3nc4ccccc4nc32)ccc1O. The second-order valence-electron chi connectivity index (χ2n) is 7.46. The Morgan fingerprint density at radius 1 is 1.24 bits per heavy atom. The third kappa shape index (κ3) is 4.62. The number of carbonyl (C=O) groups is 1. The van der Waals surface area contributed by atoms with E-state index in [0.717, 1.165) is 0 Å². The van der Waals surface area contributed by atoms with E-state index in [1.165, 1.54) is 10.7 Å². The van der Waals surface area contributed by atoms with Gasteiger partial charge in [0.25, 0.3) is 5.91 Å². The summed E-state index contributed by atoms with van der Waals surface area (Å²) in [6.07, 6.45) is 2.21. The van der Waals surface area contributed by atoms with Crippen molar-refractivity contribution in [3.05, 3.63) is 53.6 Å². The molecule has 0 aliphatic rings. The molecule has 0 atom stereocenters. The van der Waals surface area contributed by atoms with Gasteiger partial charge < -0.3 is 25.6 Å². The van der Waals surface area contributed by atoms with Gasteiger partial charge in [-0.15, -0.1) is 0 Å². The van der Waals surface area contributed by atoms with Crippen molar-refractivity contribution in [2.24, 2.45) is 5.10 Å². The maximum absolute atomic E-state index is 13.0. The zero-order chi connectivity index (χ0) is 24.1. The molecule has 10 heteroatoms. The number of hydrogen-bond acceptors (Lipinski definition) is 8. The molecule has 0 aliphatic carbocycles. The lowest BCUT2D eigenvalue weighted by atomic mass is 10.2. The number of rotatable bonds is 9. The molecule has 0 radical (unpaired) electrons. The number of methoxy groups -OCH3 is 1. The van der Waals surface area contributed by atoms with Gasteiger partial charge >= 0.3 is 0 Å². The highest BCUT2D eigenvalue weighted by Crippen LogP contribution is 2.29. The zero-order valence-corrected chi connectivity index (χ0v) is 19.0. The van der Waals surface area contributed by atoms with Gasteiger partial charge in [-0.05, 0) is 49.2 Å². The molecule has 4 aromatic rings. The fourth-order valence-corrected chi connectivity index (χ4v) is 3.50. The smallest absolute Gasteiger partial charge is 0.257 e. The number of hydrogen-bond donors (Lipinski definition) is 3. The Morgan fingerprint density at radius 2 is 2.00 bits per heavy atom. The number of phenols is 1. The van der Waals surface area contributed by atoms with Crippen molar-refractivity contribution in [2.45, 2.75) is 13.3 Å². The second kappa shape index (κ2) is 10.2. The predicted octanol–water partition coefficient (Wildman–Crippen LogP) is 2.92. The number of benzene rings is 2. The molecular formula is C24H26N6O4. The van der Waals surface area contributed by atoms with E-state index in [4.69, 9.17) is 15.2 Å². The molecule has 2 aromatic carbocycles. The average molecular weight is 463 g/mol. The normalized spacial score (nSPS) is 11.5. The minimum Gasteiger partial charge on any atom is -0.504 e. The monoisotopic (exact) mass is 462 g/mol. The number of anilines is 1. The number of nitrogens with one attached hydrogen (secondary N) is 1. The number of nitrogens with two attached hydrogens (primary N) is 1. The number of carbonyl (C=O) groups excluding carboxylic acids is 1. The lowest BCUT2D eigenvalue weighted by molar-refractivity contribution is 0.0951. The van der Waals surface area contributed by atoms with Crippen LogP contribution in [0.4, 0.5) is 5.82 Å². The summed E-state index contributed by atoms with van der Waals surface area (Å²) in [5.41, 5.74) is 9.29. The molecule has 10 nitrogen and oxygen atoms in total. The van der Waals surface area contributed by atoms with Crippen LogP contribution in [0.1, 0.15) is 29.3 Å². The van der Waals surface area contributed by atoms with Gasteiger partial charge in [0.1, 0.15) is 16.9 Å². The molecular weight excluding hydrogens is 436 g/mol. The Morgan fingerprint density at radius 3 is 2.74 bits per heavy atom. The number of amides is 1. The van der Waals surface area contributed by atoms with E-state index in [9.17, 15) is 9.90 Å². The Labute approximate surface area is 196 Å². The van der Waals surface area contributed by atoms with Crippen molar-refractivity contribution in [1.29, 1.82) is 0 Å². The number of fused-ring (bicyclic) bond motifs is 2. The van der Waals surface area contributed by atoms with E-state index in [2.05, 4.69) is 20.4 Å². The highest BCUT2D eigenvalue weighted by atomic mass is 16.5. The molecule has 0 fully saturated rings. The Balaban J connectivity index is 1.79. The van der Waals surface area contributed by atoms with E-state index >= 15 is 0 Å². The van der Waals surface area contributed by atoms with E-state index < -0.39 is 0 Å². The molecule has 0 saturated carbocycles. The van der Waals surface area contributed by atoms with Gasteiger partial charge in [-0.3, -0.25) is 4.79 Å². The van der Waals surface area contributed by atoms with Crippen molar-refractivity contribution in [3.8, 4) is 11.5 Å². The average Bonchev–Trinajstić information content (AvgIpc) is 3.11. The topological polar surface area (TPSA) is 137 Å². The highest BCUT2D eigenvalue weighted by molar-refractivity contribution is 6.10. The first-order valence-electron chi connectivity index (χ1n) is 10.9. The van der Waals surface area contributed by atoms with Crippen LogP contribution in [-0.4, -0.2) is 58.7 Å². The summed E-state index contributed by atoms with van der Waals surface area (Å²) in [5, 5.41) is 17.3. The summed E-state index contributed by atoms with van der Waals surface area (Å²) >= 11 is 0. The van der Waals surface area contributed by atoms with Crippen molar-refractivity contribution < 1.29 is 19.4 Å². The van der Waals surface area contributed by atoms with Crippen LogP contribution in [0.25, 0.3) is 22.2 Å². The maximum Gasteiger partial charge on any atom is 0.257 e. The molecule has 0 bridgehead atoms. The van der Waals surface area contributed by atoms with Crippen LogP contribution in [0.2, 0.25) is 0 Å². The van der Waals surface area contributed by atoms with Gasteiger partial charge in [-0.25, -0.2) is 9.97 Å². The van der Waals surface area contributed by atoms with Crippen molar-refractivity contribution in [2.75, 3.05) is 32.6 Å². The van der Waals surface area contributed by atoms with E-state index in [1.54, 1.807) is 25.5 Å². The molecule has 0 aliphatic heterocycles. The third-order valence-electron chi connectivity index (χ3n) is 5.12. The van der Waals surface area contributed by atoms with Crippen LogP contribution in [-0.2, 0) is 4.74 Å². The van der Waals surface area contributed by atoms with Crippen molar-refractivity contribution in [3.63, 3.8) is 0 Å². The van der Waals surface area contributed by atoms with Crippen LogP contribution in [0.3, 0.4) is 0 Å². The molecule has 34 heavy (non-hydrogen) atoms. The van der Waals surface area contributed by atoms with Crippen LogP contribution < -0.4 is 15.8 Å². The van der Waals surface area contributed by atoms with E-state index in [0.29, 0.717) is 59.7 Å². The first kappa shape index (κ1) is 23.0. The molecule has 1 amide bonds. The summed E-state index contributed by atoms with van der Waals surface area (Å²) in [5.74, 6) is 0.142. The number of nitrogens with zero attached hydrogens (tertiary/aromatic N) is 4. The summed E-state index contributed by atoms with van der Waals surface area (Å²) in [7, 11) is 1.61. The minimum absolute atomic E-state index is 0.0368. The summed E-state index contributed by atoms with van der Waals surface area (Å²) in [4.78, 5) is 22.3. The molecule has 0 unspecified atom stereocenters. The molecule has 2 aromatic heterocycles. The standard InChI is InChI=1S/C24H26N6O4/c1-3-34-19-13-15(9-10-18(19)31)14-27-30-22(25)20(24(32)26-11-6-12-33-2)21-23(30)29-17-8-5-4-7-16(17)28-21/h4-5,7-10,13-14,31H,3,6,11-12,25H2,1-2H3,(H,26,32). The largest absolute Gasteiger partial charge is 0.504 e. The maximum atomic E-state index is 13.0. The first-order valence-corrected chi connectivity index (χ1v) is 10.9. The predicted molar refractivity (Wildman–Crippen MR) is 131 cm³/mol. The van der Waals surface area contributed by atoms with Gasteiger partial charge in [0.2, 0.25) is 0 Å². The number of aromatic hydroxyl groups is 1. The molecule has 0 saturated heterocycles. The lowest BCUT2D eigenvalue weighted by Gasteiger charge is -2.06. The van der Waals surface area contributed by atoms with Gasteiger partial charge in [0.05, 0.1) is 23.9 Å². The third-order valence-corrected chi connectivity index (χ3v) is 5.12. The lowest BCUT2D eigenvalue weighted by Crippen LogP contribution is -2.26. The summed E-state index contributed by atoms with van der Waals surface area (Å²) in [6.45, 7) is 3.20. The van der Waals surface area contributed by atoms with Crippen LogP contribution in [0.5, 0.6) is 11.5 Å². The van der Waals surface area contributed by atoms with E-state index in [-0.39, 0.29) is 23.0 Å². The number of aromatic nitrogens is 3. The second-order valence-corrected chi connectivity index (χ2v) is 7.46. The van der Waals surface area contributed by atoms with Gasteiger partial charge in [-0.2, -0.15) is 9.78 Å². The Bertz CT molecular complexity index is 1360. The van der Waals surface area contributed by atoms with Gasteiger partial charge in [0, 0.05) is 20.3 Å². The minimum atomic E-state index is -0.361. The van der Waals surface area contributed by atoms with Gasteiger partial charge in [0.15, 0.2) is 17.1 Å². The fraction of sp³-hybridized carbons (Fsp3) is 0.250. The van der Waals surface area contributed by atoms with Crippen LogP contribution >= 0.6 is 0 Å². The Hall–Kier alpha value is -4.18. The molecule has 0 spiro atoms. The number of phenolic OH excluding ortho intramolecular Hbond substituents is 1. The number of ether oxygens (including phenoxy) is 2. The summed E-state index contributed by atoms with van der Waals surface area (Å²) < 4.78 is 11.9. The highest BCUT2D eigenvalue weighted by Gasteiger charge is 2.23. The summed E-state index contributed by atoms with van der Waals surface area (Å²) in [6, 6.07) is 12.2. The zero-order valence-electron chi connectivity index (χ0n) is 19.0. The Kier molecular flexibility index (Phi) is 6.88. The first-order chi connectivity index (χ1) is 16.5.